The van der Waals surface area contributed by atoms with E-state index in [4.69, 9.17) is 4.98 Å². The van der Waals surface area contributed by atoms with Crippen molar-refractivity contribution in [2.75, 3.05) is 30.4 Å². The van der Waals surface area contributed by atoms with Crippen molar-refractivity contribution < 1.29 is 0 Å². The molecule has 1 saturated heterocycles. The second-order valence-corrected chi connectivity index (χ2v) is 8.44. The lowest BCUT2D eigenvalue weighted by Gasteiger charge is -2.40. The average molecular weight is 315 g/mol. The van der Waals surface area contributed by atoms with Gasteiger partial charge in [0.05, 0.1) is 0 Å². The summed E-state index contributed by atoms with van der Waals surface area (Å²) in [7, 11) is 2.02. The molecule has 2 heterocycles. The zero-order valence-electron chi connectivity index (χ0n) is 14.8. The fraction of sp³-hybridized carbons (Fsp3) is 0.778. The van der Waals surface area contributed by atoms with E-state index in [0.29, 0.717) is 22.9 Å². The molecular weight excluding hydrogens is 286 g/mol. The van der Waals surface area contributed by atoms with E-state index in [1.165, 1.54) is 19.3 Å². The highest BCUT2D eigenvalue weighted by atomic mass is 15.3. The van der Waals surface area contributed by atoms with Gasteiger partial charge in [-0.05, 0) is 49.1 Å². The molecule has 2 bridgehead atoms. The van der Waals surface area contributed by atoms with Gasteiger partial charge in [-0.1, -0.05) is 20.8 Å². The van der Waals surface area contributed by atoms with Gasteiger partial charge < -0.3 is 15.5 Å². The van der Waals surface area contributed by atoms with Crippen LogP contribution in [-0.2, 0) is 0 Å². The smallest absolute Gasteiger partial charge is 0.224 e. The number of likely N-dealkylation sites (N-methyl/N-ethyl adjacent to an activating group) is 1. The molecule has 2 saturated carbocycles. The SMILES string of the molecule is CNC1CN(c2ccnc(N[C@H]3C[C@H]4CC[C@]3(C)C4(C)C)n2)C1. The Kier molecular flexibility index (Phi) is 3.34. The van der Waals surface area contributed by atoms with Crippen LogP contribution in [0.25, 0.3) is 0 Å². The fourth-order valence-corrected chi connectivity index (χ4v) is 5.02. The van der Waals surface area contributed by atoms with Gasteiger partial charge >= 0.3 is 0 Å². The molecule has 1 aromatic rings. The molecule has 2 N–H and O–H groups in total. The van der Waals surface area contributed by atoms with Crippen LogP contribution in [-0.4, -0.2) is 42.2 Å². The van der Waals surface area contributed by atoms with Crippen molar-refractivity contribution in [3.63, 3.8) is 0 Å². The molecule has 3 atom stereocenters. The molecule has 0 radical (unpaired) electrons. The summed E-state index contributed by atoms with van der Waals surface area (Å²) < 4.78 is 0. The number of anilines is 2. The maximum Gasteiger partial charge on any atom is 0.224 e. The molecule has 23 heavy (non-hydrogen) atoms. The van der Waals surface area contributed by atoms with Crippen molar-refractivity contribution in [3.8, 4) is 0 Å². The lowest BCUT2D eigenvalue weighted by molar-refractivity contribution is 0.142. The molecule has 1 aliphatic heterocycles. The van der Waals surface area contributed by atoms with Crippen molar-refractivity contribution in [1.29, 1.82) is 0 Å². The summed E-state index contributed by atoms with van der Waals surface area (Å²) in [6.07, 6.45) is 5.83. The van der Waals surface area contributed by atoms with Crippen molar-refractivity contribution in [1.82, 2.24) is 15.3 Å². The highest BCUT2D eigenvalue weighted by molar-refractivity contribution is 5.46. The molecule has 126 valence electrons. The third-order valence-electron chi connectivity index (χ3n) is 7.35. The molecule has 3 aliphatic rings. The van der Waals surface area contributed by atoms with Crippen LogP contribution >= 0.6 is 0 Å². The zero-order valence-corrected chi connectivity index (χ0v) is 14.8. The second kappa shape index (κ2) is 5.07. The highest BCUT2D eigenvalue weighted by Crippen LogP contribution is 2.65. The van der Waals surface area contributed by atoms with Gasteiger partial charge in [0.1, 0.15) is 5.82 Å². The van der Waals surface area contributed by atoms with E-state index in [-0.39, 0.29) is 0 Å². The number of rotatable bonds is 4. The zero-order chi connectivity index (χ0) is 16.2. The number of hydrogen-bond donors (Lipinski definition) is 2. The first-order chi connectivity index (χ1) is 10.9. The predicted molar refractivity (Wildman–Crippen MR) is 93.7 cm³/mol. The average Bonchev–Trinajstić information content (AvgIpc) is 2.80. The quantitative estimate of drug-likeness (QED) is 0.894. The third kappa shape index (κ3) is 2.16. The van der Waals surface area contributed by atoms with Gasteiger partial charge in [-0.2, -0.15) is 4.98 Å². The van der Waals surface area contributed by atoms with Crippen LogP contribution in [0.15, 0.2) is 12.3 Å². The Bertz CT molecular complexity index is 595. The van der Waals surface area contributed by atoms with Crippen molar-refractivity contribution in [2.45, 2.75) is 52.1 Å². The number of hydrogen-bond acceptors (Lipinski definition) is 5. The van der Waals surface area contributed by atoms with E-state index in [1.54, 1.807) is 0 Å². The van der Waals surface area contributed by atoms with Crippen LogP contribution in [0.1, 0.15) is 40.0 Å². The summed E-state index contributed by atoms with van der Waals surface area (Å²) in [6.45, 7) is 9.41. The van der Waals surface area contributed by atoms with E-state index >= 15 is 0 Å². The summed E-state index contributed by atoms with van der Waals surface area (Å²) in [6, 6.07) is 3.10. The number of nitrogens with one attached hydrogen (secondary N) is 2. The molecule has 0 amide bonds. The summed E-state index contributed by atoms with van der Waals surface area (Å²) >= 11 is 0. The molecule has 5 nitrogen and oxygen atoms in total. The first kappa shape index (κ1) is 15.2. The van der Waals surface area contributed by atoms with Crippen molar-refractivity contribution in [2.24, 2.45) is 16.7 Å². The van der Waals surface area contributed by atoms with E-state index < -0.39 is 0 Å². The molecule has 4 rings (SSSR count). The predicted octanol–water partition coefficient (Wildman–Crippen LogP) is 2.51. The molecule has 3 fully saturated rings. The standard InChI is InChI=1S/C18H29N5/c1-17(2)12-5-7-18(17,3)14(9-12)21-16-20-8-6-15(22-16)23-10-13(11-23)19-4/h6,8,12-14,19H,5,7,9-11H2,1-4H3,(H,20,21,22)/t12-,14+,18+/m1/s1. The second-order valence-electron chi connectivity index (χ2n) is 8.44. The first-order valence-electron chi connectivity index (χ1n) is 8.96. The van der Waals surface area contributed by atoms with Gasteiger partial charge in [0.2, 0.25) is 5.95 Å². The monoisotopic (exact) mass is 315 g/mol. The van der Waals surface area contributed by atoms with Gasteiger partial charge in [-0.25, -0.2) is 4.98 Å². The molecule has 5 heteroatoms. The Labute approximate surface area is 139 Å². The maximum absolute atomic E-state index is 4.77. The summed E-state index contributed by atoms with van der Waals surface area (Å²) in [5.41, 5.74) is 0.769. The molecule has 0 spiro atoms. The van der Waals surface area contributed by atoms with Gasteiger partial charge in [0, 0.05) is 31.4 Å². The Balaban J connectivity index is 1.48. The Morgan fingerprint density at radius 3 is 2.65 bits per heavy atom. The third-order valence-corrected chi connectivity index (χ3v) is 7.35. The highest BCUT2D eigenvalue weighted by Gasteiger charge is 2.61. The largest absolute Gasteiger partial charge is 0.353 e. The Morgan fingerprint density at radius 1 is 1.26 bits per heavy atom. The maximum atomic E-state index is 4.77. The van der Waals surface area contributed by atoms with Crippen LogP contribution in [0.5, 0.6) is 0 Å². The van der Waals surface area contributed by atoms with Gasteiger partial charge in [0.25, 0.3) is 0 Å². The molecule has 1 aromatic heterocycles. The van der Waals surface area contributed by atoms with E-state index in [0.717, 1.165) is 30.8 Å². The Morgan fingerprint density at radius 2 is 2.04 bits per heavy atom. The summed E-state index contributed by atoms with van der Waals surface area (Å²) in [5, 5.41) is 6.98. The van der Waals surface area contributed by atoms with Gasteiger partial charge in [-0.3, -0.25) is 0 Å². The van der Waals surface area contributed by atoms with Crippen LogP contribution in [0, 0.1) is 16.7 Å². The summed E-state index contributed by atoms with van der Waals surface area (Å²) in [5.74, 6) is 2.67. The van der Waals surface area contributed by atoms with Crippen LogP contribution in [0.3, 0.4) is 0 Å². The fourth-order valence-electron chi connectivity index (χ4n) is 5.02. The number of aromatic nitrogens is 2. The summed E-state index contributed by atoms with van der Waals surface area (Å²) in [4.78, 5) is 11.6. The molecular formula is C18H29N5. The minimum absolute atomic E-state index is 0.352. The van der Waals surface area contributed by atoms with Crippen LogP contribution < -0.4 is 15.5 Å². The van der Waals surface area contributed by atoms with Gasteiger partial charge in [0.15, 0.2) is 0 Å². The lowest BCUT2D eigenvalue weighted by atomic mass is 9.69. The lowest BCUT2D eigenvalue weighted by Crippen LogP contribution is -2.57. The minimum Gasteiger partial charge on any atom is -0.353 e. The van der Waals surface area contributed by atoms with Crippen LogP contribution in [0.4, 0.5) is 11.8 Å². The number of nitrogens with zero attached hydrogens (tertiary/aromatic N) is 3. The van der Waals surface area contributed by atoms with Crippen molar-refractivity contribution >= 4 is 11.8 Å². The van der Waals surface area contributed by atoms with Crippen molar-refractivity contribution in [3.05, 3.63) is 12.3 Å². The topological polar surface area (TPSA) is 53.1 Å². The first-order valence-corrected chi connectivity index (χ1v) is 8.96. The normalized spacial score (nSPS) is 35.4. The van der Waals surface area contributed by atoms with E-state index in [9.17, 15) is 0 Å². The molecule has 0 aromatic carbocycles. The van der Waals surface area contributed by atoms with E-state index in [2.05, 4.69) is 41.3 Å². The number of fused-ring (bicyclic) bond motifs is 2. The minimum atomic E-state index is 0.352. The van der Waals surface area contributed by atoms with Crippen LogP contribution in [0.2, 0.25) is 0 Å². The molecule has 2 aliphatic carbocycles. The molecule has 0 unspecified atom stereocenters. The van der Waals surface area contributed by atoms with E-state index in [1.807, 2.05) is 19.3 Å². The van der Waals surface area contributed by atoms with Gasteiger partial charge in [-0.15, -0.1) is 0 Å². The Hall–Kier alpha value is -1.36.